The molecular weight excluding hydrogens is 230 g/mol. The van der Waals surface area contributed by atoms with Crippen molar-refractivity contribution in [3.05, 3.63) is 23.8 Å². The molecule has 0 bridgehead atoms. The van der Waals surface area contributed by atoms with Gasteiger partial charge in [0.25, 0.3) is 0 Å². The summed E-state index contributed by atoms with van der Waals surface area (Å²) in [6, 6.07) is 4.76. The molecule has 1 rings (SSSR count). The van der Waals surface area contributed by atoms with E-state index in [0.29, 0.717) is 16.2 Å². The van der Waals surface area contributed by atoms with Crippen LogP contribution in [0.2, 0.25) is 0 Å². The molecule has 0 aliphatic heterocycles. The van der Waals surface area contributed by atoms with Gasteiger partial charge in [0, 0.05) is 5.56 Å². The molecule has 1 unspecified atom stereocenters. The van der Waals surface area contributed by atoms with Gasteiger partial charge in [-0.2, -0.15) is 0 Å². The van der Waals surface area contributed by atoms with Gasteiger partial charge in [-0.15, -0.1) is 5.10 Å². The zero-order valence-corrected chi connectivity index (χ0v) is 9.45. The first-order valence-corrected chi connectivity index (χ1v) is 5.44. The highest BCUT2D eigenvalue weighted by molar-refractivity contribution is 7.82. The summed E-state index contributed by atoms with van der Waals surface area (Å²) >= 11 is 0. The monoisotopic (exact) mass is 243 g/mol. The number of hydrogen-bond donors (Lipinski definition) is 4. The number of methoxy groups -OCH3 is 1. The first-order chi connectivity index (χ1) is 7.60. The molecule has 7 N–H and O–H groups in total. The average Bonchev–Trinajstić information content (AvgIpc) is 2.28. The van der Waals surface area contributed by atoms with Crippen LogP contribution in [0.5, 0.6) is 5.75 Å². The van der Waals surface area contributed by atoms with Gasteiger partial charge in [-0.3, -0.25) is 0 Å². The molecule has 88 valence electrons. The van der Waals surface area contributed by atoms with Gasteiger partial charge in [0.2, 0.25) is 0 Å². The van der Waals surface area contributed by atoms with Crippen LogP contribution in [-0.4, -0.2) is 17.2 Å². The van der Waals surface area contributed by atoms with Gasteiger partial charge >= 0.3 is 0 Å². The summed E-state index contributed by atoms with van der Waals surface area (Å²) in [4.78, 5) is 0.389. The lowest BCUT2D eigenvalue weighted by Crippen LogP contribution is -2.23. The van der Waals surface area contributed by atoms with E-state index in [1.807, 2.05) is 0 Å². The van der Waals surface area contributed by atoms with Gasteiger partial charge in [-0.1, -0.05) is 0 Å². The molecule has 0 spiro atoms. The van der Waals surface area contributed by atoms with E-state index in [2.05, 4.69) is 10.6 Å². The maximum Gasteiger partial charge on any atom is 0.152 e. The van der Waals surface area contributed by atoms with E-state index in [0.717, 1.165) is 0 Å². The van der Waals surface area contributed by atoms with Crippen molar-refractivity contribution in [1.29, 1.82) is 0 Å². The molecule has 0 amide bonds. The van der Waals surface area contributed by atoms with E-state index in [4.69, 9.17) is 21.5 Å². The lowest BCUT2D eigenvalue weighted by atomic mass is 10.2. The van der Waals surface area contributed by atoms with Crippen molar-refractivity contribution in [3.8, 4) is 5.75 Å². The van der Waals surface area contributed by atoms with Crippen LogP contribution in [0, 0.1) is 0 Å². The second-order valence-electron chi connectivity index (χ2n) is 2.79. The number of benzene rings is 1. The van der Waals surface area contributed by atoms with Crippen molar-refractivity contribution in [2.45, 2.75) is 4.90 Å². The molecule has 0 saturated heterocycles. The third-order valence-corrected chi connectivity index (χ3v) is 2.63. The number of hydrazine groups is 1. The Morgan fingerprint density at radius 2 is 2.25 bits per heavy atom. The third-order valence-electron chi connectivity index (χ3n) is 1.86. The number of ether oxygens (including phenoxy) is 1. The Balaban J connectivity index is 3.19. The number of hydrogen-bond acceptors (Lipinski definition) is 5. The normalized spacial score (nSPS) is 13.3. The number of rotatable bonds is 4. The largest absolute Gasteiger partial charge is 0.495 e. The minimum atomic E-state index is -1.61. The lowest BCUT2D eigenvalue weighted by molar-refractivity contribution is 0.404. The van der Waals surface area contributed by atoms with Gasteiger partial charge in [-0.05, 0) is 18.2 Å². The Morgan fingerprint density at radius 3 is 2.75 bits per heavy atom. The number of nitrogens with two attached hydrogens (primary N) is 3. The second-order valence-corrected chi connectivity index (χ2v) is 3.82. The highest BCUT2D eigenvalue weighted by Gasteiger charge is 2.09. The van der Waals surface area contributed by atoms with Crippen molar-refractivity contribution in [1.82, 2.24) is 5.53 Å². The number of amidine groups is 1. The minimum absolute atomic E-state index is 0.190. The van der Waals surface area contributed by atoms with E-state index in [-0.39, 0.29) is 5.84 Å². The molecule has 0 saturated carbocycles. The van der Waals surface area contributed by atoms with E-state index in [9.17, 15) is 4.21 Å². The molecule has 0 heterocycles. The summed E-state index contributed by atoms with van der Waals surface area (Å²) in [5.74, 6) is 5.57. The van der Waals surface area contributed by atoms with E-state index >= 15 is 0 Å². The predicted molar refractivity (Wildman–Crippen MR) is 61.6 cm³/mol. The van der Waals surface area contributed by atoms with Gasteiger partial charge in [0.15, 0.2) is 5.84 Å². The molecule has 1 atom stereocenters. The summed E-state index contributed by atoms with van der Waals surface area (Å²) in [6.07, 6.45) is 0. The zero-order valence-electron chi connectivity index (χ0n) is 8.64. The van der Waals surface area contributed by atoms with Crippen LogP contribution >= 0.6 is 0 Å². The lowest BCUT2D eigenvalue weighted by Gasteiger charge is -2.08. The van der Waals surface area contributed by atoms with Crippen LogP contribution in [0.3, 0.4) is 0 Å². The summed E-state index contributed by atoms with van der Waals surface area (Å²) in [5.41, 5.74) is 8.27. The molecule has 1 aromatic rings. The van der Waals surface area contributed by atoms with Crippen LogP contribution in [0.4, 0.5) is 0 Å². The molecule has 0 radical (unpaired) electrons. The first kappa shape index (κ1) is 12.4. The maximum absolute atomic E-state index is 11.1. The Morgan fingerprint density at radius 1 is 1.56 bits per heavy atom. The van der Waals surface area contributed by atoms with Crippen molar-refractivity contribution in [3.63, 3.8) is 0 Å². The van der Waals surface area contributed by atoms with Crippen LogP contribution in [-0.2, 0) is 11.0 Å². The molecule has 0 aromatic heterocycles. The van der Waals surface area contributed by atoms with E-state index < -0.39 is 11.0 Å². The Labute approximate surface area is 95.2 Å². The molecular formula is C8H13N5O2S. The fraction of sp³-hybridized carbons (Fsp3) is 0.125. The first-order valence-electron chi connectivity index (χ1n) is 4.23. The van der Waals surface area contributed by atoms with E-state index in [1.165, 1.54) is 7.11 Å². The Kier molecular flexibility index (Phi) is 4.23. The van der Waals surface area contributed by atoms with Crippen molar-refractivity contribution < 1.29 is 8.95 Å². The third kappa shape index (κ3) is 2.69. The zero-order chi connectivity index (χ0) is 12.1. The molecule has 1 aromatic carbocycles. The molecule has 16 heavy (non-hydrogen) atoms. The standard InChI is InChI=1S/C8H13N5O2S/c1-15-6-4-5(8(9)12-13-10)2-3-7(6)16(11)14/h2-4,13H,10-11H2,1H3,(H2,9,12). The Hall–Kier alpha value is -1.64. The molecule has 7 nitrogen and oxygen atoms in total. The topological polar surface area (TPSA) is 129 Å². The number of hydrazone groups is 1. The van der Waals surface area contributed by atoms with Gasteiger partial charge in [-0.25, -0.2) is 20.7 Å². The Bertz CT molecular complexity index is 434. The average molecular weight is 243 g/mol. The summed E-state index contributed by atoms with van der Waals surface area (Å²) in [7, 11) is -0.163. The minimum Gasteiger partial charge on any atom is -0.495 e. The quantitative estimate of drug-likeness (QED) is 0.227. The smallest absolute Gasteiger partial charge is 0.152 e. The van der Waals surface area contributed by atoms with E-state index in [1.54, 1.807) is 18.2 Å². The van der Waals surface area contributed by atoms with Crippen LogP contribution in [0.25, 0.3) is 0 Å². The summed E-state index contributed by atoms with van der Waals surface area (Å²) in [5, 5.41) is 8.88. The van der Waals surface area contributed by atoms with Crippen LogP contribution in [0.1, 0.15) is 5.56 Å². The predicted octanol–water partition coefficient (Wildman–Crippen LogP) is -1.24. The molecule has 0 aliphatic carbocycles. The van der Waals surface area contributed by atoms with Crippen molar-refractivity contribution in [2.75, 3.05) is 7.11 Å². The maximum atomic E-state index is 11.1. The van der Waals surface area contributed by atoms with Gasteiger partial charge in [0.05, 0.1) is 12.0 Å². The number of nitrogens with one attached hydrogen (secondary N) is 1. The summed E-state index contributed by atoms with van der Waals surface area (Å²) in [6.45, 7) is 0. The highest BCUT2D eigenvalue weighted by atomic mass is 32.2. The van der Waals surface area contributed by atoms with Gasteiger partial charge in [0.1, 0.15) is 16.7 Å². The SMILES string of the molecule is COc1cc(/C(N)=N/NN)ccc1S(N)=O. The number of nitrogens with zero attached hydrogens (tertiary/aromatic N) is 1. The molecule has 0 aliphatic rings. The fourth-order valence-corrected chi connectivity index (χ4v) is 1.67. The highest BCUT2D eigenvalue weighted by Crippen LogP contribution is 2.21. The summed E-state index contributed by atoms with van der Waals surface area (Å²) < 4.78 is 16.2. The van der Waals surface area contributed by atoms with Crippen molar-refractivity contribution >= 4 is 16.8 Å². The second kappa shape index (κ2) is 5.45. The molecule has 0 fully saturated rings. The molecule has 8 heteroatoms. The van der Waals surface area contributed by atoms with Crippen LogP contribution < -0.4 is 27.0 Å². The van der Waals surface area contributed by atoms with Crippen LogP contribution in [0.15, 0.2) is 28.2 Å². The van der Waals surface area contributed by atoms with Gasteiger partial charge < -0.3 is 10.5 Å². The van der Waals surface area contributed by atoms with Crippen molar-refractivity contribution in [2.24, 2.45) is 21.8 Å². The fourth-order valence-electron chi connectivity index (χ4n) is 1.13.